The Bertz CT molecular complexity index is 1040. The van der Waals surface area contributed by atoms with Crippen molar-refractivity contribution in [3.05, 3.63) is 28.3 Å². The number of hydrogen-bond acceptors (Lipinski definition) is 6. The third-order valence-electron chi connectivity index (χ3n) is 6.60. The standard InChI is InChI=1S/C23H32N2O5S/c1-7-19(24-30-8-2)21-20(26)12-18-16(22(21)27)10-9-15-14(4)23(13(3)11-17(15)18)31(28,29)25(5)6/h11,16,18,21H,7-10,12H2,1-6H3. The molecule has 2 aliphatic rings. The van der Waals surface area contributed by atoms with Gasteiger partial charge in [0.2, 0.25) is 10.0 Å². The molecule has 1 aromatic carbocycles. The number of aryl methyl sites for hydroxylation is 1. The van der Waals surface area contributed by atoms with E-state index in [0.717, 1.165) is 16.7 Å². The van der Waals surface area contributed by atoms with E-state index >= 15 is 0 Å². The zero-order valence-corrected chi connectivity index (χ0v) is 20.0. The van der Waals surface area contributed by atoms with E-state index in [2.05, 4.69) is 5.16 Å². The molecule has 0 amide bonds. The maximum atomic E-state index is 13.4. The Hall–Kier alpha value is -2.06. The second kappa shape index (κ2) is 8.82. The van der Waals surface area contributed by atoms with Crippen molar-refractivity contribution in [3.8, 4) is 0 Å². The van der Waals surface area contributed by atoms with Crippen LogP contribution in [0.2, 0.25) is 0 Å². The summed E-state index contributed by atoms with van der Waals surface area (Å²) in [5, 5.41) is 4.05. The molecule has 2 aliphatic carbocycles. The summed E-state index contributed by atoms with van der Waals surface area (Å²) in [4.78, 5) is 31.9. The van der Waals surface area contributed by atoms with Gasteiger partial charge in [-0.1, -0.05) is 18.1 Å². The van der Waals surface area contributed by atoms with Crippen LogP contribution in [0.5, 0.6) is 0 Å². The van der Waals surface area contributed by atoms with Gasteiger partial charge in [-0.3, -0.25) is 9.59 Å². The highest BCUT2D eigenvalue weighted by molar-refractivity contribution is 7.89. The van der Waals surface area contributed by atoms with Gasteiger partial charge in [-0.2, -0.15) is 0 Å². The summed E-state index contributed by atoms with van der Waals surface area (Å²) in [6.07, 6.45) is 1.98. The zero-order chi connectivity index (χ0) is 23.1. The summed E-state index contributed by atoms with van der Waals surface area (Å²) in [6.45, 7) is 7.69. The van der Waals surface area contributed by atoms with Crippen LogP contribution in [-0.2, 0) is 30.9 Å². The number of ketones is 2. The van der Waals surface area contributed by atoms with E-state index in [0.29, 0.717) is 42.0 Å². The van der Waals surface area contributed by atoms with Crippen LogP contribution in [0.25, 0.3) is 0 Å². The van der Waals surface area contributed by atoms with Crippen molar-refractivity contribution in [3.63, 3.8) is 0 Å². The first kappa shape index (κ1) is 23.6. The highest BCUT2D eigenvalue weighted by Crippen LogP contribution is 2.47. The lowest BCUT2D eigenvalue weighted by Gasteiger charge is -2.39. The van der Waals surface area contributed by atoms with Crippen molar-refractivity contribution in [2.45, 2.75) is 64.2 Å². The Morgan fingerprint density at radius 1 is 1.19 bits per heavy atom. The summed E-state index contributed by atoms with van der Waals surface area (Å²) in [5.74, 6) is -1.50. The van der Waals surface area contributed by atoms with Gasteiger partial charge in [0.1, 0.15) is 18.3 Å². The van der Waals surface area contributed by atoms with Crippen LogP contribution in [0, 0.1) is 25.7 Å². The van der Waals surface area contributed by atoms with E-state index < -0.39 is 15.9 Å². The molecule has 1 saturated carbocycles. The molecule has 3 atom stereocenters. The molecule has 0 saturated heterocycles. The number of fused-ring (bicyclic) bond motifs is 3. The molecule has 3 rings (SSSR count). The molecule has 0 N–H and O–H groups in total. The van der Waals surface area contributed by atoms with Crippen LogP contribution in [-0.4, -0.2) is 50.7 Å². The van der Waals surface area contributed by atoms with E-state index in [4.69, 9.17) is 4.84 Å². The Balaban J connectivity index is 2.05. The van der Waals surface area contributed by atoms with Gasteiger partial charge in [-0.25, -0.2) is 12.7 Å². The van der Waals surface area contributed by atoms with Gasteiger partial charge in [-0.15, -0.1) is 0 Å². The predicted octanol–water partition coefficient (Wildman–Crippen LogP) is 3.16. The normalized spacial score (nSPS) is 24.2. The van der Waals surface area contributed by atoms with Gasteiger partial charge in [0, 0.05) is 32.4 Å². The van der Waals surface area contributed by atoms with Crippen molar-refractivity contribution in [2.24, 2.45) is 17.0 Å². The lowest BCUT2D eigenvalue weighted by Crippen LogP contribution is -2.45. The monoisotopic (exact) mass is 448 g/mol. The molecule has 0 aliphatic heterocycles. The van der Waals surface area contributed by atoms with Crippen molar-refractivity contribution in [2.75, 3.05) is 20.7 Å². The van der Waals surface area contributed by atoms with Crippen molar-refractivity contribution in [1.82, 2.24) is 4.31 Å². The average molecular weight is 449 g/mol. The first-order valence-electron chi connectivity index (χ1n) is 10.9. The quantitative estimate of drug-likeness (QED) is 0.379. The van der Waals surface area contributed by atoms with Crippen molar-refractivity contribution < 1.29 is 22.8 Å². The van der Waals surface area contributed by atoms with E-state index in [-0.39, 0.29) is 29.8 Å². The third kappa shape index (κ3) is 3.96. The highest BCUT2D eigenvalue weighted by atomic mass is 32.2. The number of carbonyl (C=O) groups is 2. The maximum Gasteiger partial charge on any atom is 0.243 e. The number of oxime groups is 1. The van der Waals surface area contributed by atoms with E-state index in [1.807, 2.05) is 26.8 Å². The molecular formula is C23H32N2O5S. The second-order valence-corrected chi connectivity index (χ2v) is 10.7. The topological polar surface area (TPSA) is 93.1 Å². The van der Waals surface area contributed by atoms with Gasteiger partial charge < -0.3 is 4.84 Å². The minimum Gasteiger partial charge on any atom is -0.396 e. The molecular weight excluding hydrogens is 416 g/mol. The molecule has 1 fully saturated rings. The van der Waals surface area contributed by atoms with Crippen LogP contribution in [0.4, 0.5) is 0 Å². The van der Waals surface area contributed by atoms with Crippen molar-refractivity contribution >= 4 is 27.3 Å². The van der Waals surface area contributed by atoms with Crippen LogP contribution < -0.4 is 0 Å². The fourth-order valence-electron chi connectivity index (χ4n) is 5.11. The molecule has 0 bridgehead atoms. The number of carbonyl (C=O) groups excluding carboxylic acids is 2. The number of hydrogen-bond donors (Lipinski definition) is 0. The summed E-state index contributed by atoms with van der Waals surface area (Å²) in [6, 6.07) is 1.88. The molecule has 0 aromatic heterocycles. The molecule has 1 aromatic rings. The summed E-state index contributed by atoms with van der Waals surface area (Å²) < 4.78 is 27.0. The number of benzene rings is 1. The van der Waals surface area contributed by atoms with Gasteiger partial charge in [0.05, 0.1) is 10.6 Å². The number of sulfonamides is 1. The third-order valence-corrected chi connectivity index (χ3v) is 8.71. The fraction of sp³-hybridized carbons (Fsp3) is 0.609. The Kier molecular flexibility index (Phi) is 6.72. The van der Waals surface area contributed by atoms with Crippen LogP contribution in [0.1, 0.15) is 61.3 Å². The maximum absolute atomic E-state index is 13.4. The highest BCUT2D eigenvalue weighted by Gasteiger charge is 2.48. The lowest BCUT2D eigenvalue weighted by atomic mass is 9.62. The predicted molar refractivity (Wildman–Crippen MR) is 119 cm³/mol. The molecule has 0 heterocycles. The minimum absolute atomic E-state index is 0.0764. The molecule has 0 spiro atoms. The summed E-state index contributed by atoms with van der Waals surface area (Å²) >= 11 is 0. The van der Waals surface area contributed by atoms with Gasteiger partial charge in [0.15, 0.2) is 5.78 Å². The van der Waals surface area contributed by atoms with Crippen LogP contribution in [0.15, 0.2) is 16.1 Å². The number of nitrogens with zero attached hydrogens (tertiary/aromatic N) is 2. The molecule has 170 valence electrons. The van der Waals surface area contributed by atoms with E-state index in [1.54, 1.807) is 6.92 Å². The first-order valence-corrected chi connectivity index (χ1v) is 12.3. The summed E-state index contributed by atoms with van der Waals surface area (Å²) in [7, 11) is -0.535. The molecule has 7 nitrogen and oxygen atoms in total. The Labute approximate surface area is 184 Å². The number of rotatable bonds is 6. The Morgan fingerprint density at radius 2 is 1.87 bits per heavy atom. The van der Waals surface area contributed by atoms with Gasteiger partial charge in [-0.05, 0) is 62.3 Å². The molecule has 31 heavy (non-hydrogen) atoms. The fourth-order valence-corrected chi connectivity index (χ4v) is 6.46. The lowest BCUT2D eigenvalue weighted by molar-refractivity contribution is -0.137. The first-order chi connectivity index (χ1) is 14.6. The largest absolute Gasteiger partial charge is 0.396 e. The van der Waals surface area contributed by atoms with Crippen LogP contribution >= 0.6 is 0 Å². The SMILES string of the molecule is CCON=C(CC)C1C(=O)CC2c3cc(C)c(S(=O)(=O)N(C)C)c(C)c3CCC2C1=O. The van der Waals surface area contributed by atoms with E-state index in [9.17, 15) is 18.0 Å². The van der Waals surface area contributed by atoms with Crippen molar-refractivity contribution in [1.29, 1.82) is 0 Å². The minimum atomic E-state index is -3.59. The molecule has 3 unspecified atom stereocenters. The summed E-state index contributed by atoms with van der Waals surface area (Å²) in [5.41, 5.74) is 3.80. The van der Waals surface area contributed by atoms with Gasteiger partial charge in [0.25, 0.3) is 0 Å². The second-order valence-electron chi connectivity index (χ2n) is 8.61. The van der Waals surface area contributed by atoms with E-state index in [1.165, 1.54) is 18.4 Å². The van der Waals surface area contributed by atoms with Gasteiger partial charge >= 0.3 is 0 Å². The molecule has 0 radical (unpaired) electrons. The average Bonchev–Trinajstić information content (AvgIpc) is 2.70. The Morgan fingerprint density at radius 3 is 2.45 bits per heavy atom. The zero-order valence-electron chi connectivity index (χ0n) is 19.2. The van der Waals surface area contributed by atoms with Crippen LogP contribution in [0.3, 0.4) is 0 Å². The molecule has 8 heteroatoms. The smallest absolute Gasteiger partial charge is 0.243 e. The number of Topliss-reactive ketones (excluding diaryl/α,β-unsaturated/α-hetero) is 2.